The first-order valence-electron chi connectivity index (χ1n) is 8.89. The third-order valence-electron chi connectivity index (χ3n) is 4.00. The Labute approximate surface area is 156 Å². The van der Waals surface area contributed by atoms with Gasteiger partial charge in [-0.15, -0.1) is 5.54 Å². The summed E-state index contributed by atoms with van der Waals surface area (Å²) in [5.74, 6) is 3.43. The van der Waals surface area contributed by atoms with Gasteiger partial charge in [-0.25, -0.2) is 8.93 Å². The Morgan fingerprint density at radius 2 is 1.84 bits per heavy atom. The van der Waals surface area contributed by atoms with Gasteiger partial charge >= 0.3 is 0 Å². The van der Waals surface area contributed by atoms with Gasteiger partial charge in [-0.3, -0.25) is 0 Å². The standard InChI is InChI=1S/C20H31NO2SSi/c1-19(2,3)24(22)21-20(12-13-25(4,5)6)14-18(15-20)23-16-17-10-8-7-9-11-17/h7-11,18,21H,14-16H2,1-6H3. The largest absolute Gasteiger partial charge is 0.373 e. The van der Waals surface area contributed by atoms with Crippen LogP contribution >= 0.6 is 0 Å². The van der Waals surface area contributed by atoms with E-state index in [-0.39, 0.29) is 16.4 Å². The molecule has 2 rings (SSSR count). The summed E-state index contributed by atoms with van der Waals surface area (Å²) in [4.78, 5) is 0. The molecule has 1 aromatic carbocycles. The Hall–Kier alpha value is -0.933. The lowest BCUT2D eigenvalue weighted by Crippen LogP contribution is -2.59. The van der Waals surface area contributed by atoms with E-state index < -0.39 is 19.1 Å². The molecule has 25 heavy (non-hydrogen) atoms. The molecular formula is C20H31NO2SSi. The van der Waals surface area contributed by atoms with Crippen molar-refractivity contribution < 1.29 is 8.95 Å². The van der Waals surface area contributed by atoms with Crippen LogP contribution in [0, 0.1) is 11.5 Å². The number of benzene rings is 1. The minimum absolute atomic E-state index is 0.167. The molecule has 0 aromatic heterocycles. The second-order valence-corrected chi connectivity index (χ2v) is 15.6. The molecule has 1 saturated carbocycles. The smallest absolute Gasteiger partial charge is 0.129 e. The van der Waals surface area contributed by atoms with Gasteiger partial charge in [0.1, 0.15) is 8.07 Å². The summed E-state index contributed by atoms with van der Waals surface area (Å²) in [6.07, 6.45) is 1.75. The first kappa shape index (κ1) is 20.4. The zero-order valence-corrected chi connectivity index (χ0v) is 18.1. The van der Waals surface area contributed by atoms with Crippen molar-refractivity contribution in [2.45, 2.75) is 76.3 Å². The van der Waals surface area contributed by atoms with Gasteiger partial charge in [0.15, 0.2) is 0 Å². The third-order valence-corrected chi connectivity index (χ3v) is 6.57. The molecule has 0 saturated heterocycles. The zero-order valence-electron chi connectivity index (χ0n) is 16.3. The molecule has 1 atom stereocenters. The van der Waals surface area contributed by atoms with E-state index >= 15 is 0 Å². The van der Waals surface area contributed by atoms with Gasteiger partial charge in [0.05, 0.1) is 34.0 Å². The fourth-order valence-electron chi connectivity index (χ4n) is 2.47. The fourth-order valence-corrected chi connectivity index (χ4v) is 3.97. The van der Waals surface area contributed by atoms with Crippen LogP contribution in [0.15, 0.2) is 30.3 Å². The van der Waals surface area contributed by atoms with Crippen molar-refractivity contribution in [1.29, 1.82) is 0 Å². The van der Waals surface area contributed by atoms with E-state index in [9.17, 15) is 4.21 Å². The van der Waals surface area contributed by atoms with E-state index in [1.807, 2.05) is 39.0 Å². The average molecular weight is 378 g/mol. The SMILES string of the molecule is CC(C)(C)S(=O)NC1(C#C[Si](C)(C)C)CC(OCc2ccccc2)C1. The molecule has 0 heterocycles. The Kier molecular flexibility index (Phi) is 6.32. The predicted molar refractivity (Wildman–Crippen MR) is 109 cm³/mol. The summed E-state index contributed by atoms with van der Waals surface area (Å²) in [7, 11) is -2.61. The van der Waals surface area contributed by atoms with E-state index in [4.69, 9.17) is 4.74 Å². The van der Waals surface area contributed by atoms with Crippen molar-refractivity contribution in [3.05, 3.63) is 35.9 Å². The quantitative estimate of drug-likeness (QED) is 0.621. The van der Waals surface area contributed by atoms with Crippen LogP contribution < -0.4 is 4.72 Å². The van der Waals surface area contributed by atoms with Crippen LogP contribution in [0.3, 0.4) is 0 Å². The van der Waals surface area contributed by atoms with Gasteiger partial charge in [-0.1, -0.05) is 55.9 Å². The third kappa shape index (κ3) is 6.38. The lowest BCUT2D eigenvalue weighted by atomic mass is 9.76. The summed E-state index contributed by atoms with van der Waals surface area (Å²) in [5.41, 5.74) is 4.26. The van der Waals surface area contributed by atoms with Crippen LogP contribution in [0.4, 0.5) is 0 Å². The van der Waals surface area contributed by atoms with E-state index in [1.165, 1.54) is 5.56 Å². The highest BCUT2D eigenvalue weighted by atomic mass is 32.2. The Bertz CT molecular complexity index is 659. The molecule has 138 valence electrons. The number of nitrogens with one attached hydrogen (secondary N) is 1. The van der Waals surface area contributed by atoms with E-state index in [1.54, 1.807) is 0 Å². The molecule has 0 spiro atoms. The minimum atomic E-state index is -1.48. The molecule has 1 aliphatic rings. The van der Waals surface area contributed by atoms with Crippen molar-refractivity contribution in [1.82, 2.24) is 4.72 Å². The lowest BCUT2D eigenvalue weighted by molar-refractivity contribution is -0.0395. The van der Waals surface area contributed by atoms with Crippen molar-refractivity contribution >= 4 is 19.1 Å². The topological polar surface area (TPSA) is 38.3 Å². The maximum Gasteiger partial charge on any atom is 0.129 e. The zero-order chi connectivity index (χ0) is 18.7. The predicted octanol–water partition coefficient (Wildman–Crippen LogP) is 4.04. The molecule has 1 N–H and O–H groups in total. The molecular weight excluding hydrogens is 346 g/mol. The molecule has 3 nitrogen and oxygen atoms in total. The molecule has 0 radical (unpaired) electrons. The molecule has 0 amide bonds. The molecule has 0 bridgehead atoms. The van der Waals surface area contributed by atoms with Crippen molar-refractivity contribution in [3.63, 3.8) is 0 Å². The summed E-state index contributed by atoms with van der Waals surface area (Å²) in [5, 5.41) is 0. The second kappa shape index (κ2) is 7.75. The van der Waals surface area contributed by atoms with Gasteiger partial charge in [0, 0.05) is 12.8 Å². The van der Waals surface area contributed by atoms with Crippen LogP contribution in [-0.4, -0.2) is 28.7 Å². The molecule has 0 aliphatic heterocycles. The maximum absolute atomic E-state index is 12.6. The highest BCUT2D eigenvalue weighted by molar-refractivity contribution is 7.84. The molecule has 1 fully saturated rings. The van der Waals surface area contributed by atoms with Crippen molar-refractivity contribution in [3.8, 4) is 11.5 Å². The van der Waals surface area contributed by atoms with E-state index in [2.05, 4.69) is 48.0 Å². The Morgan fingerprint density at radius 3 is 2.36 bits per heavy atom. The molecule has 5 heteroatoms. The average Bonchev–Trinajstić information content (AvgIpc) is 2.47. The molecule has 1 aromatic rings. The van der Waals surface area contributed by atoms with Crippen LogP contribution in [0.2, 0.25) is 19.6 Å². The first-order chi connectivity index (χ1) is 11.5. The summed E-state index contributed by atoms with van der Waals surface area (Å²) in [6, 6.07) is 10.2. The van der Waals surface area contributed by atoms with Gasteiger partial charge in [-0.2, -0.15) is 0 Å². The van der Waals surface area contributed by atoms with E-state index in [0.29, 0.717) is 6.61 Å². The number of hydrogen-bond acceptors (Lipinski definition) is 2. The van der Waals surface area contributed by atoms with Crippen molar-refractivity contribution in [2.75, 3.05) is 0 Å². The van der Waals surface area contributed by atoms with E-state index in [0.717, 1.165) is 12.8 Å². The van der Waals surface area contributed by atoms with Crippen LogP contribution in [0.5, 0.6) is 0 Å². The highest BCUT2D eigenvalue weighted by Gasteiger charge is 2.46. The van der Waals surface area contributed by atoms with Crippen LogP contribution in [-0.2, 0) is 22.3 Å². The summed E-state index contributed by atoms with van der Waals surface area (Å²) < 4.78 is 21.6. The monoisotopic (exact) mass is 377 g/mol. The van der Waals surface area contributed by atoms with Gasteiger partial charge in [-0.05, 0) is 26.3 Å². The first-order valence-corrected chi connectivity index (χ1v) is 13.5. The highest BCUT2D eigenvalue weighted by Crippen LogP contribution is 2.36. The molecule has 1 aliphatic carbocycles. The molecule has 1 unspecified atom stereocenters. The number of ether oxygens (including phenoxy) is 1. The second-order valence-electron chi connectivity index (χ2n) is 8.89. The maximum atomic E-state index is 12.6. The van der Waals surface area contributed by atoms with Crippen molar-refractivity contribution in [2.24, 2.45) is 0 Å². The summed E-state index contributed by atoms with van der Waals surface area (Å²) >= 11 is 0. The Morgan fingerprint density at radius 1 is 1.24 bits per heavy atom. The minimum Gasteiger partial charge on any atom is -0.373 e. The number of rotatable bonds is 5. The van der Waals surface area contributed by atoms with Gasteiger partial charge in [0.2, 0.25) is 0 Å². The van der Waals surface area contributed by atoms with Gasteiger partial charge < -0.3 is 4.74 Å². The van der Waals surface area contributed by atoms with Crippen LogP contribution in [0.25, 0.3) is 0 Å². The fraction of sp³-hybridized carbons (Fsp3) is 0.600. The lowest BCUT2D eigenvalue weighted by Gasteiger charge is -2.45. The Balaban J connectivity index is 2.01. The summed E-state index contributed by atoms with van der Waals surface area (Å²) in [6.45, 7) is 13.3. The van der Waals surface area contributed by atoms with Crippen LogP contribution in [0.1, 0.15) is 39.2 Å². The normalized spacial score (nSPS) is 24.8. The number of hydrogen-bond donors (Lipinski definition) is 1. The van der Waals surface area contributed by atoms with Gasteiger partial charge in [0.25, 0.3) is 0 Å².